The van der Waals surface area contributed by atoms with E-state index in [1.165, 1.54) is 17.5 Å². The second-order valence-corrected chi connectivity index (χ2v) is 12.5. The van der Waals surface area contributed by atoms with Crippen LogP contribution in [0.5, 0.6) is 11.5 Å². The summed E-state index contributed by atoms with van der Waals surface area (Å²) in [5.74, 6) is 1.32. The summed E-state index contributed by atoms with van der Waals surface area (Å²) >= 11 is 0. The highest BCUT2D eigenvalue weighted by Crippen LogP contribution is 2.78. The van der Waals surface area contributed by atoms with Crippen molar-refractivity contribution < 1.29 is 19.3 Å². The van der Waals surface area contributed by atoms with Gasteiger partial charge in [-0.2, -0.15) is 0 Å². The minimum absolute atomic E-state index is 0.00976. The van der Waals surface area contributed by atoms with Crippen LogP contribution in [0.3, 0.4) is 0 Å². The average Bonchev–Trinajstić information content (AvgIpc) is 3.09. The van der Waals surface area contributed by atoms with Crippen LogP contribution in [0.4, 0.5) is 0 Å². The molecule has 4 aliphatic carbocycles. The molecule has 8 rings (SSSR count). The van der Waals surface area contributed by atoms with E-state index in [1.54, 1.807) is 0 Å². The molecule has 5 fully saturated rings. The van der Waals surface area contributed by atoms with Crippen LogP contribution in [0.25, 0.3) is 0 Å². The molecule has 1 N–H and O–H groups in total. The summed E-state index contributed by atoms with van der Waals surface area (Å²) in [5.41, 5.74) is 2.13. The maximum absolute atomic E-state index is 10.9. The van der Waals surface area contributed by atoms with E-state index in [9.17, 15) is 5.11 Å². The number of piperidine rings is 1. The molecule has 0 unspecified atom stereocenters. The van der Waals surface area contributed by atoms with Crippen molar-refractivity contribution in [2.24, 2.45) is 16.7 Å². The Morgan fingerprint density at radius 1 is 1.13 bits per heavy atom. The molecule has 5 nitrogen and oxygen atoms in total. The van der Waals surface area contributed by atoms with Gasteiger partial charge in [-0.25, -0.2) is 0 Å². The minimum atomic E-state index is -0.359. The van der Waals surface area contributed by atoms with Gasteiger partial charge in [0.05, 0.1) is 5.60 Å². The van der Waals surface area contributed by atoms with Gasteiger partial charge in [0.1, 0.15) is 18.5 Å². The lowest BCUT2D eigenvalue weighted by atomic mass is 9.33. The molecule has 2 saturated heterocycles. The second-order valence-electron chi connectivity index (χ2n) is 12.5. The van der Waals surface area contributed by atoms with Gasteiger partial charge in [-0.05, 0) is 69.7 Å². The van der Waals surface area contributed by atoms with Crippen molar-refractivity contribution >= 4 is 0 Å². The Bertz CT molecular complexity index is 1000. The standard InChI is InChI=1S/C26H35NO4/c1-22(2,3)23(4)17-13-24-8-9-26(17,30-14-29-23)21-25(24)10-11-27(5)18(24)12-15-6-7-16(28)20(31-21)19(15)25/h6-7,17-18,21,28H,8-14H2,1-5H3/t17-,18-,21-,23+,24+,25+,26-/m1/s1. The number of likely N-dealkylation sites (N-methyl/N-ethyl adjacent to an activating group) is 1. The average molecular weight is 426 g/mol. The normalized spacial score (nSPS) is 49.4. The zero-order valence-electron chi connectivity index (χ0n) is 19.5. The van der Waals surface area contributed by atoms with E-state index < -0.39 is 0 Å². The summed E-state index contributed by atoms with van der Waals surface area (Å²) in [7, 11) is 2.32. The summed E-state index contributed by atoms with van der Waals surface area (Å²) in [4.78, 5) is 2.62. The van der Waals surface area contributed by atoms with Crippen molar-refractivity contribution in [1.82, 2.24) is 4.90 Å². The summed E-state index contributed by atoms with van der Waals surface area (Å²) < 4.78 is 20.1. The van der Waals surface area contributed by atoms with E-state index in [2.05, 4.69) is 45.7 Å². The summed E-state index contributed by atoms with van der Waals surface area (Å²) in [6.45, 7) is 10.6. The zero-order chi connectivity index (χ0) is 21.6. The number of ether oxygens (including phenoxy) is 3. The Morgan fingerprint density at radius 2 is 1.94 bits per heavy atom. The molecule has 0 radical (unpaired) electrons. The number of phenols is 1. The molecular weight excluding hydrogens is 390 g/mol. The number of rotatable bonds is 0. The first-order chi connectivity index (χ1) is 14.6. The number of nitrogens with zero attached hydrogens (tertiary/aromatic N) is 1. The van der Waals surface area contributed by atoms with Crippen LogP contribution < -0.4 is 4.74 Å². The van der Waals surface area contributed by atoms with Crippen LogP contribution in [0, 0.1) is 16.7 Å². The van der Waals surface area contributed by atoms with Gasteiger partial charge in [-0.15, -0.1) is 0 Å². The highest BCUT2D eigenvalue weighted by atomic mass is 16.7. The van der Waals surface area contributed by atoms with Crippen molar-refractivity contribution in [1.29, 1.82) is 0 Å². The van der Waals surface area contributed by atoms with Gasteiger partial charge in [-0.1, -0.05) is 26.8 Å². The van der Waals surface area contributed by atoms with Crippen molar-refractivity contribution in [2.45, 2.75) is 88.6 Å². The Kier molecular flexibility index (Phi) is 3.26. The number of phenolic OH excluding ortho intramolecular Hbond substituents is 1. The highest BCUT2D eigenvalue weighted by Gasteiger charge is 2.83. The molecule has 0 amide bonds. The predicted octanol–water partition coefficient (Wildman–Crippen LogP) is 4.00. The third-order valence-electron chi connectivity index (χ3n) is 11.1. The van der Waals surface area contributed by atoms with E-state index in [-0.39, 0.29) is 39.5 Å². The van der Waals surface area contributed by atoms with E-state index in [0.717, 1.165) is 38.0 Å². The van der Waals surface area contributed by atoms with E-state index in [4.69, 9.17) is 14.2 Å². The number of hydrogen-bond acceptors (Lipinski definition) is 5. The summed E-state index contributed by atoms with van der Waals surface area (Å²) in [6.07, 6.45) is 5.39. The summed E-state index contributed by atoms with van der Waals surface area (Å²) in [6, 6.07) is 4.50. The van der Waals surface area contributed by atoms with Gasteiger partial charge in [0.15, 0.2) is 11.5 Å². The highest BCUT2D eigenvalue weighted by molar-refractivity contribution is 5.63. The number of benzene rings is 1. The Morgan fingerprint density at radius 3 is 2.71 bits per heavy atom. The molecule has 3 heterocycles. The van der Waals surface area contributed by atoms with Gasteiger partial charge in [0.2, 0.25) is 0 Å². The fourth-order valence-corrected chi connectivity index (χ4v) is 9.32. The number of fused-ring (bicyclic) bond motifs is 1. The SMILES string of the molecule is CN1CC[C@]23c4c5ccc(O)c4O[C@H]2[C@@]24CC[C@]3(C[C@@H]2[C@@](C)(C(C)(C)C)OCO4)[C@H]1C5. The zero-order valence-corrected chi connectivity index (χ0v) is 19.5. The topological polar surface area (TPSA) is 51.2 Å². The van der Waals surface area contributed by atoms with Gasteiger partial charge >= 0.3 is 0 Å². The van der Waals surface area contributed by atoms with Crippen LogP contribution in [0.15, 0.2) is 12.1 Å². The molecule has 7 aliphatic rings. The van der Waals surface area contributed by atoms with Crippen LogP contribution in [-0.4, -0.2) is 53.7 Å². The lowest BCUT2D eigenvalue weighted by Crippen LogP contribution is -2.84. The molecule has 0 aromatic heterocycles. The fraction of sp³-hybridized carbons (Fsp3) is 0.769. The maximum atomic E-state index is 10.9. The monoisotopic (exact) mass is 425 g/mol. The molecule has 3 spiro atoms. The molecule has 3 saturated carbocycles. The molecule has 31 heavy (non-hydrogen) atoms. The number of aromatic hydroxyl groups is 1. The quantitative estimate of drug-likeness (QED) is 0.681. The smallest absolute Gasteiger partial charge is 0.165 e. The van der Waals surface area contributed by atoms with E-state index >= 15 is 0 Å². The largest absolute Gasteiger partial charge is 0.504 e. The van der Waals surface area contributed by atoms with Gasteiger partial charge in [0, 0.05) is 28.4 Å². The van der Waals surface area contributed by atoms with Crippen molar-refractivity contribution in [2.75, 3.05) is 20.4 Å². The molecule has 4 bridgehead atoms. The third-order valence-corrected chi connectivity index (χ3v) is 11.1. The van der Waals surface area contributed by atoms with Crippen molar-refractivity contribution in [3.63, 3.8) is 0 Å². The third kappa shape index (κ3) is 1.76. The molecule has 168 valence electrons. The van der Waals surface area contributed by atoms with Crippen molar-refractivity contribution in [3.05, 3.63) is 23.3 Å². The lowest BCUT2D eigenvalue weighted by Gasteiger charge is -2.76. The van der Waals surface area contributed by atoms with Crippen LogP contribution >= 0.6 is 0 Å². The van der Waals surface area contributed by atoms with Gasteiger partial charge in [0.25, 0.3) is 0 Å². The van der Waals surface area contributed by atoms with E-state index in [1.807, 2.05) is 6.07 Å². The molecule has 3 aliphatic heterocycles. The van der Waals surface area contributed by atoms with Gasteiger partial charge in [-0.3, -0.25) is 0 Å². The minimum Gasteiger partial charge on any atom is -0.504 e. The first kappa shape index (κ1) is 19.2. The van der Waals surface area contributed by atoms with Crippen LogP contribution in [0.1, 0.15) is 64.5 Å². The van der Waals surface area contributed by atoms with Gasteiger partial charge < -0.3 is 24.2 Å². The molecular formula is C26H35NO4. The Balaban J connectivity index is 1.53. The predicted molar refractivity (Wildman–Crippen MR) is 116 cm³/mol. The molecule has 1 aromatic carbocycles. The Hall–Kier alpha value is -1.30. The number of hydrogen-bond donors (Lipinski definition) is 1. The maximum Gasteiger partial charge on any atom is 0.165 e. The van der Waals surface area contributed by atoms with Crippen LogP contribution in [-0.2, 0) is 21.3 Å². The molecule has 5 heteroatoms. The lowest BCUT2D eigenvalue weighted by molar-refractivity contribution is -0.389. The van der Waals surface area contributed by atoms with Crippen LogP contribution in [0.2, 0.25) is 0 Å². The second kappa shape index (κ2) is 5.26. The van der Waals surface area contributed by atoms with E-state index in [0.29, 0.717) is 18.6 Å². The Labute approximate surface area is 185 Å². The van der Waals surface area contributed by atoms with Crippen molar-refractivity contribution in [3.8, 4) is 11.5 Å². The molecule has 7 atom stereocenters. The fourth-order valence-electron chi connectivity index (χ4n) is 9.32. The number of likely N-dealkylation sites (tertiary alicyclic amines) is 1. The molecule has 1 aromatic rings. The first-order valence-corrected chi connectivity index (χ1v) is 12.1. The first-order valence-electron chi connectivity index (χ1n) is 12.1. The summed E-state index contributed by atoms with van der Waals surface area (Å²) in [5, 5.41) is 10.9.